The molecule has 1 fully saturated rings. The maximum atomic E-state index is 12.5. The highest BCUT2D eigenvalue weighted by Crippen LogP contribution is 2.31. The molecule has 1 heterocycles. The number of methoxy groups -OCH3 is 1. The van der Waals surface area contributed by atoms with Crippen LogP contribution in [-0.4, -0.2) is 36.7 Å². The summed E-state index contributed by atoms with van der Waals surface area (Å²) in [6.07, 6.45) is 2.76. The zero-order chi connectivity index (χ0) is 16.4. The quantitative estimate of drug-likeness (QED) is 0.881. The molecule has 1 aliphatic heterocycles. The maximum Gasteiger partial charge on any atom is 0.308 e. The first-order chi connectivity index (χ1) is 11.1. The number of ether oxygens (including phenoxy) is 2. The van der Waals surface area contributed by atoms with Crippen LogP contribution < -0.4 is 14.8 Å². The van der Waals surface area contributed by atoms with Gasteiger partial charge in [0.05, 0.1) is 18.9 Å². The van der Waals surface area contributed by atoms with E-state index < -0.39 is 11.9 Å². The van der Waals surface area contributed by atoms with Crippen molar-refractivity contribution < 1.29 is 24.2 Å². The molecular weight excluding hydrogens is 298 g/mol. The third-order valence-electron chi connectivity index (χ3n) is 4.71. The van der Waals surface area contributed by atoms with E-state index in [1.54, 1.807) is 7.11 Å². The summed E-state index contributed by atoms with van der Waals surface area (Å²) in [6.45, 7) is 0.315. The van der Waals surface area contributed by atoms with Crippen molar-refractivity contribution in [3.05, 3.63) is 23.8 Å². The van der Waals surface area contributed by atoms with E-state index in [2.05, 4.69) is 5.32 Å². The minimum atomic E-state index is -0.831. The van der Waals surface area contributed by atoms with Crippen molar-refractivity contribution >= 4 is 11.9 Å². The third-order valence-corrected chi connectivity index (χ3v) is 4.71. The second kappa shape index (κ2) is 6.48. The molecule has 1 aliphatic carbocycles. The largest absolute Gasteiger partial charge is 0.497 e. The number of fused-ring (bicyclic) bond motifs is 1. The van der Waals surface area contributed by atoms with Gasteiger partial charge in [-0.1, -0.05) is 6.42 Å². The van der Waals surface area contributed by atoms with E-state index in [-0.39, 0.29) is 17.9 Å². The molecule has 0 spiro atoms. The lowest BCUT2D eigenvalue weighted by molar-refractivity contribution is -0.142. The molecular formula is C17H21NO5. The summed E-state index contributed by atoms with van der Waals surface area (Å²) >= 11 is 0. The smallest absolute Gasteiger partial charge is 0.308 e. The number of aliphatic carboxylic acids is 1. The van der Waals surface area contributed by atoms with Crippen molar-refractivity contribution in [2.45, 2.75) is 31.7 Å². The van der Waals surface area contributed by atoms with Crippen LogP contribution in [0.2, 0.25) is 0 Å². The summed E-state index contributed by atoms with van der Waals surface area (Å²) in [5, 5.41) is 12.1. The highest BCUT2D eigenvalue weighted by Gasteiger charge is 2.36. The monoisotopic (exact) mass is 319 g/mol. The molecule has 1 aromatic carbocycles. The van der Waals surface area contributed by atoms with Gasteiger partial charge in [-0.2, -0.15) is 0 Å². The summed E-state index contributed by atoms with van der Waals surface area (Å²) in [5.41, 5.74) is 0.942. The van der Waals surface area contributed by atoms with Crippen molar-refractivity contribution in [3.8, 4) is 11.5 Å². The Morgan fingerprint density at radius 3 is 2.91 bits per heavy atom. The Morgan fingerprint density at radius 2 is 2.17 bits per heavy atom. The second-order valence-electron chi connectivity index (χ2n) is 6.18. The van der Waals surface area contributed by atoms with E-state index in [1.165, 1.54) is 0 Å². The first-order valence-electron chi connectivity index (χ1n) is 7.91. The molecule has 3 atom stereocenters. The summed E-state index contributed by atoms with van der Waals surface area (Å²) in [6, 6.07) is 5.28. The van der Waals surface area contributed by atoms with Gasteiger partial charge in [-0.25, -0.2) is 0 Å². The zero-order valence-corrected chi connectivity index (χ0v) is 13.1. The first-order valence-corrected chi connectivity index (χ1v) is 7.91. The molecule has 0 bridgehead atoms. The summed E-state index contributed by atoms with van der Waals surface area (Å²) in [5.74, 6) is -0.228. The summed E-state index contributed by atoms with van der Waals surface area (Å²) in [7, 11) is 1.60. The Balaban J connectivity index is 1.66. The Kier molecular flexibility index (Phi) is 4.41. The molecule has 3 rings (SSSR count). The van der Waals surface area contributed by atoms with E-state index in [1.807, 2.05) is 18.2 Å². The average Bonchev–Trinajstić information content (AvgIpc) is 3.02. The average molecular weight is 319 g/mol. The highest BCUT2D eigenvalue weighted by atomic mass is 16.5. The zero-order valence-electron chi connectivity index (χ0n) is 13.1. The molecule has 23 heavy (non-hydrogen) atoms. The topological polar surface area (TPSA) is 84.9 Å². The minimum Gasteiger partial charge on any atom is -0.497 e. The fourth-order valence-corrected chi connectivity index (χ4v) is 3.40. The molecule has 6 nitrogen and oxygen atoms in total. The Bertz CT molecular complexity index is 615. The van der Waals surface area contributed by atoms with Crippen LogP contribution in [-0.2, 0) is 16.0 Å². The standard InChI is InChI=1S/C17H21NO5/c1-22-12-5-6-15-10(8-12)7-11(9-23-15)16(19)18-14-4-2-3-13(14)17(20)21/h5-6,8,11,13-14H,2-4,7,9H2,1H3,(H,18,19)(H,20,21)/t11?,13-,14+/m0/s1. The summed E-state index contributed by atoms with van der Waals surface area (Å²) < 4.78 is 10.9. The molecule has 0 saturated heterocycles. The predicted octanol–water partition coefficient (Wildman–Crippen LogP) is 1.62. The number of carboxylic acids is 1. The van der Waals surface area contributed by atoms with E-state index in [0.29, 0.717) is 19.4 Å². The fraction of sp³-hybridized carbons (Fsp3) is 0.529. The van der Waals surface area contributed by atoms with Crippen LogP contribution in [0.3, 0.4) is 0 Å². The van der Waals surface area contributed by atoms with Crippen LogP contribution >= 0.6 is 0 Å². The first kappa shape index (κ1) is 15.6. The van der Waals surface area contributed by atoms with Gasteiger partial charge in [0.25, 0.3) is 0 Å². The van der Waals surface area contributed by atoms with Gasteiger partial charge in [0, 0.05) is 6.04 Å². The van der Waals surface area contributed by atoms with Gasteiger partial charge in [-0.3, -0.25) is 9.59 Å². The van der Waals surface area contributed by atoms with Gasteiger partial charge < -0.3 is 19.9 Å². The Hall–Kier alpha value is -2.24. The van der Waals surface area contributed by atoms with Gasteiger partial charge in [0.2, 0.25) is 5.91 Å². The van der Waals surface area contributed by atoms with Crippen LogP contribution in [0.4, 0.5) is 0 Å². The van der Waals surface area contributed by atoms with E-state index in [4.69, 9.17) is 9.47 Å². The second-order valence-corrected chi connectivity index (χ2v) is 6.18. The molecule has 0 aromatic heterocycles. The van der Waals surface area contributed by atoms with Gasteiger partial charge in [-0.05, 0) is 43.0 Å². The van der Waals surface area contributed by atoms with Crippen molar-refractivity contribution in [1.29, 1.82) is 0 Å². The molecule has 1 unspecified atom stereocenters. The number of carbonyl (C=O) groups excluding carboxylic acids is 1. The molecule has 1 aromatic rings. The van der Waals surface area contributed by atoms with Gasteiger partial charge in [0.15, 0.2) is 0 Å². The van der Waals surface area contributed by atoms with Crippen molar-refractivity contribution in [2.75, 3.05) is 13.7 Å². The predicted molar refractivity (Wildman–Crippen MR) is 82.6 cm³/mol. The summed E-state index contributed by atoms with van der Waals surface area (Å²) in [4.78, 5) is 23.7. The molecule has 0 radical (unpaired) electrons. The fourth-order valence-electron chi connectivity index (χ4n) is 3.40. The highest BCUT2D eigenvalue weighted by molar-refractivity contribution is 5.81. The molecule has 124 valence electrons. The van der Waals surface area contributed by atoms with Crippen molar-refractivity contribution in [2.24, 2.45) is 11.8 Å². The third kappa shape index (κ3) is 3.25. The van der Waals surface area contributed by atoms with Gasteiger partial charge in [0.1, 0.15) is 18.1 Å². The number of hydrogen-bond donors (Lipinski definition) is 2. The van der Waals surface area contributed by atoms with Crippen LogP contribution in [0.1, 0.15) is 24.8 Å². The number of carbonyl (C=O) groups is 2. The van der Waals surface area contributed by atoms with Crippen molar-refractivity contribution in [1.82, 2.24) is 5.32 Å². The molecule has 1 amide bonds. The number of benzene rings is 1. The SMILES string of the molecule is COc1ccc2c(c1)CC(C(=O)N[C@@H]1CCC[C@@H]1C(=O)O)CO2. The molecule has 1 saturated carbocycles. The van der Waals surface area contributed by atoms with E-state index >= 15 is 0 Å². The lowest BCUT2D eigenvalue weighted by atomic mass is 9.94. The van der Waals surface area contributed by atoms with E-state index in [9.17, 15) is 14.7 Å². The number of hydrogen-bond acceptors (Lipinski definition) is 4. The molecule has 2 N–H and O–H groups in total. The molecule has 2 aliphatic rings. The number of rotatable bonds is 4. The maximum absolute atomic E-state index is 12.5. The molecule has 6 heteroatoms. The van der Waals surface area contributed by atoms with Gasteiger partial charge in [-0.15, -0.1) is 0 Å². The number of nitrogens with one attached hydrogen (secondary N) is 1. The van der Waals surface area contributed by atoms with Crippen LogP contribution in [0, 0.1) is 11.8 Å². The lowest BCUT2D eigenvalue weighted by Gasteiger charge is -2.27. The Morgan fingerprint density at radius 1 is 1.35 bits per heavy atom. The minimum absolute atomic E-state index is 0.128. The van der Waals surface area contributed by atoms with Crippen molar-refractivity contribution in [3.63, 3.8) is 0 Å². The van der Waals surface area contributed by atoms with Crippen LogP contribution in [0.5, 0.6) is 11.5 Å². The normalized spacial score (nSPS) is 26.0. The van der Waals surface area contributed by atoms with Crippen LogP contribution in [0.25, 0.3) is 0 Å². The lowest BCUT2D eigenvalue weighted by Crippen LogP contribution is -2.45. The number of carboxylic acid groups (broad SMARTS) is 1. The number of amides is 1. The van der Waals surface area contributed by atoms with Crippen LogP contribution in [0.15, 0.2) is 18.2 Å². The van der Waals surface area contributed by atoms with Gasteiger partial charge >= 0.3 is 5.97 Å². The Labute approximate surface area is 134 Å². The van der Waals surface area contributed by atoms with E-state index in [0.717, 1.165) is 29.9 Å².